The lowest BCUT2D eigenvalue weighted by atomic mass is 10.0. The Morgan fingerprint density at radius 3 is 1.52 bits per heavy atom. The van der Waals surface area contributed by atoms with Crippen molar-refractivity contribution in [3.05, 3.63) is 0 Å². The average molecular weight is 453 g/mol. The topological polar surface area (TPSA) is 49.3 Å². The molecular weight excluding hydrogens is 405 g/mol. The second-order valence-corrected chi connectivity index (χ2v) is 9.91. The number of hydrogen-bond acceptors (Lipinski definition) is 2. The number of halogens is 2. The van der Waals surface area contributed by atoms with E-state index in [9.17, 15) is 9.90 Å². The lowest BCUT2D eigenvalue weighted by Gasteiger charge is -2.27. The van der Waals surface area contributed by atoms with E-state index in [0.29, 0.717) is 6.42 Å². The summed E-state index contributed by atoms with van der Waals surface area (Å²) in [4.78, 5) is 11.4. The molecule has 0 spiro atoms. The molecule has 0 saturated heterocycles. The zero-order valence-electron chi connectivity index (χ0n) is 19.1. The number of aliphatic carboxylic acids is 1. The number of carbonyl (C=O) groups is 1. The van der Waals surface area contributed by atoms with Crippen LogP contribution in [0.4, 0.5) is 0 Å². The molecule has 174 valence electrons. The number of nitrogens with one attached hydrogen (secondary N) is 1. The molecule has 0 aliphatic carbocycles. The lowest BCUT2D eigenvalue weighted by Crippen LogP contribution is -2.48. The van der Waals surface area contributed by atoms with Crippen LogP contribution in [0.25, 0.3) is 0 Å². The molecule has 0 amide bonds. The maximum Gasteiger partial charge on any atom is 0.341 e. The molecule has 0 heterocycles. The number of carboxylic acid groups (broad SMARTS) is 1. The van der Waals surface area contributed by atoms with Crippen molar-refractivity contribution in [3.63, 3.8) is 0 Å². The van der Waals surface area contributed by atoms with E-state index in [4.69, 9.17) is 23.2 Å². The highest BCUT2D eigenvalue weighted by molar-refractivity contribution is 6.57. The quantitative estimate of drug-likeness (QED) is 0.128. The molecule has 0 saturated carbocycles. The maximum absolute atomic E-state index is 11.4. The summed E-state index contributed by atoms with van der Waals surface area (Å²) >= 11 is 12.2. The number of hydrogen-bond donors (Lipinski definition) is 2. The molecule has 0 rings (SSSR count). The maximum atomic E-state index is 11.4. The van der Waals surface area contributed by atoms with E-state index < -0.39 is 16.3 Å². The van der Waals surface area contributed by atoms with Crippen LogP contribution in [0.15, 0.2) is 0 Å². The summed E-state index contributed by atoms with van der Waals surface area (Å²) in [6.07, 6.45) is 22.5. The van der Waals surface area contributed by atoms with Gasteiger partial charge in [-0.1, -0.05) is 140 Å². The Hall–Kier alpha value is 0.01000. The summed E-state index contributed by atoms with van der Waals surface area (Å²) in [5, 5.41) is 12.6. The van der Waals surface area contributed by atoms with E-state index in [1.807, 2.05) is 0 Å². The minimum Gasteiger partial charge on any atom is -0.479 e. The van der Waals surface area contributed by atoms with Crippen molar-refractivity contribution in [2.24, 2.45) is 0 Å². The zero-order chi connectivity index (χ0) is 21.8. The van der Waals surface area contributed by atoms with E-state index in [1.54, 1.807) is 0 Å². The third kappa shape index (κ3) is 16.4. The smallest absolute Gasteiger partial charge is 0.341 e. The third-order valence-electron chi connectivity index (χ3n) is 5.74. The minimum atomic E-state index is -1.75. The summed E-state index contributed by atoms with van der Waals surface area (Å²) in [5.74, 6) is -1.16. The first kappa shape index (κ1) is 29.0. The van der Waals surface area contributed by atoms with Crippen LogP contribution in [0.5, 0.6) is 0 Å². The van der Waals surface area contributed by atoms with Crippen LogP contribution in [0.2, 0.25) is 0 Å². The van der Waals surface area contributed by atoms with E-state index >= 15 is 0 Å². The first-order chi connectivity index (χ1) is 14.0. The summed E-state index contributed by atoms with van der Waals surface area (Å²) < 4.78 is -1.75. The number of rotatable bonds is 22. The molecule has 0 bridgehead atoms. The van der Waals surface area contributed by atoms with Gasteiger partial charge >= 0.3 is 5.97 Å². The van der Waals surface area contributed by atoms with Crippen LogP contribution in [0.3, 0.4) is 0 Å². The fourth-order valence-corrected chi connectivity index (χ4v) is 4.13. The van der Waals surface area contributed by atoms with Gasteiger partial charge in [0.2, 0.25) is 4.33 Å². The van der Waals surface area contributed by atoms with Gasteiger partial charge in [-0.05, 0) is 19.4 Å². The molecule has 2 N–H and O–H groups in total. The Labute approximate surface area is 190 Å². The van der Waals surface area contributed by atoms with Crippen LogP contribution in [0, 0.1) is 0 Å². The van der Waals surface area contributed by atoms with Crippen LogP contribution < -0.4 is 5.32 Å². The van der Waals surface area contributed by atoms with Crippen molar-refractivity contribution in [2.75, 3.05) is 6.54 Å². The Morgan fingerprint density at radius 1 is 0.724 bits per heavy atom. The summed E-state index contributed by atoms with van der Waals surface area (Å²) in [6.45, 7) is 5.18. The van der Waals surface area contributed by atoms with Gasteiger partial charge in [0.25, 0.3) is 0 Å². The largest absolute Gasteiger partial charge is 0.479 e. The minimum absolute atomic E-state index is 0.392. The molecule has 0 aliphatic heterocycles. The van der Waals surface area contributed by atoms with Gasteiger partial charge in [0.05, 0.1) is 6.04 Å². The van der Waals surface area contributed by atoms with Gasteiger partial charge in [0, 0.05) is 0 Å². The number of alkyl halides is 2. The van der Waals surface area contributed by atoms with Crippen molar-refractivity contribution >= 4 is 29.2 Å². The molecular formula is C24H47Cl2NO2. The highest BCUT2D eigenvalue weighted by Crippen LogP contribution is 2.29. The van der Waals surface area contributed by atoms with Gasteiger partial charge < -0.3 is 10.4 Å². The average Bonchev–Trinajstić information content (AvgIpc) is 2.69. The van der Waals surface area contributed by atoms with E-state index in [-0.39, 0.29) is 0 Å². The summed E-state index contributed by atoms with van der Waals surface area (Å²) in [5.41, 5.74) is 0. The molecule has 29 heavy (non-hydrogen) atoms. The molecule has 0 radical (unpaired) electrons. The Kier molecular flexibility index (Phi) is 19.9. The van der Waals surface area contributed by atoms with Crippen LogP contribution in [0.1, 0.15) is 129 Å². The highest BCUT2D eigenvalue weighted by atomic mass is 35.5. The molecule has 0 aromatic rings. The molecule has 0 aromatic carbocycles. The molecule has 3 nitrogen and oxygen atoms in total. The predicted molar refractivity (Wildman–Crippen MR) is 128 cm³/mol. The predicted octanol–water partition coefficient (Wildman–Crippen LogP) is 8.26. The highest BCUT2D eigenvalue weighted by Gasteiger charge is 2.41. The van der Waals surface area contributed by atoms with Crippen molar-refractivity contribution < 1.29 is 9.90 Å². The van der Waals surface area contributed by atoms with Crippen molar-refractivity contribution in [3.8, 4) is 0 Å². The van der Waals surface area contributed by atoms with Gasteiger partial charge in [0.15, 0.2) is 0 Å². The van der Waals surface area contributed by atoms with Crippen molar-refractivity contribution in [2.45, 2.75) is 140 Å². The third-order valence-corrected chi connectivity index (χ3v) is 6.59. The number of carboxylic acids is 1. The normalized spacial score (nSPS) is 13.0. The Bertz CT molecular complexity index is 378. The van der Waals surface area contributed by atoms with E-state index in [2.05, 4.69) is 19.2 Å². The molecule has 1 unspecified atom stereocenters. The molecule has 1 atom stereocenters. The van der Waals surface area contributed by atoms with Crippen LogP contribution >= 0.6 is 23.2 Å². The Balaban J connectivity index is 3.63. The summed E-state index contributed by atoms with van der Waals surface area (Å²) in [6, 6.07) is -0.392. The van der Waals surface area contributed by atoms with Gasteiger partial charge in [-0.3, -0.25) is 0 Å². The van der Waals surface area contributed by atoms with Crippen LogP contribution in [-0.4, -0.2) is 28.0 Å². The summed E-state index contributed by atoms with van der Waals surface area (Å²) in [7, 11) is 0. The molecule has 0 fully saturated rings. The van der Waals surface area contributed by atoms with Gasteiger partial charge in [-0.2, -0.15) is 0 Å². The standard InChI is InChI=1S/C24H47Cl2NO2/c1-3-5-7-8-9-10-11-12-13-14-15-16-17-19-21-27-22(20-18-6-4-2)24(25,26)23(28)29/h22,27H,3-21H2,1-2H3,(H,28,29). The van der Waals surface area contributed by atoms with Gasteiger partial charge in [0.1, 0.15) is 0 Å². The first-order valence-electron chi connectivity index (χ1n) is 12.3. The van der Waals surface area contributed by atoms with E-state index in [1.165, 1.54) is 83.5 Å². The van der Waals surface area contributed by atoms with Gasteiger partial charge in [-0.25, -0.2) is 4.79 Å². The Morgan fingerprint density at radius 2 is 1.10 bits per heavy atom. The van der Waals surface area contributed by atoms with Crippen molar-refractivity contribution in [1.29, 1.82) is 0 Å². The van der Waals surface area contributed by atoms with Crippen molar-refractivity contribution in [1.82, 2.24) is 5.32 Å². The molecule has 5 heteroatoms. The lowest BCUT2D eigenvalue weighted by molar-refractivity contribution is -0.138. The monoisotopic (exact) mass is 451 g/mol. The fraction of sp³-hybridized carbons (Fsp3) is 0.958. The number of unbranched alkanes of at least 4 members (excludes halogenated alkanes) is 15. The van der Waals surface area contributed by atoms with E-state index in [0.717, 1.165) is 32.2 Å². The first-order valence-corrected chi connectivity index (χ1v) is 13.1. The molecule has 0 aromatic heterocycles. The zero-order valence-corrected chi connectivity index (χ0v) is 20.6. The van der Waals surface area contributed by atoms with Gasteiger partial charge in [-0.15, -0.1) is 0 Å². The van der Waals surface area contributed by atoms with Crippen LogP contribution in [-0.2, 0) is 4.79 Å². The fourth-order valence-electron chi connectivity index (χ4n) is 3.75. The SMILES string of the molecule is CCCCCCCCCCCCCCCCNC(CCCCC)C(Cl)(Cl)C(=O)O. The molecule has 0 aliphatic rings. The second-order valence-electron chi connectivity index (χ2n) is 8.53. The second kappa shape index (κ2) is 19.9.